The number of amides is 3. The second kappa shape index (κ2) is 5.53. The molecule has 3 amide bonds. The van der Waals surface area contributed by atoms with Gasteiger partial charge in [-0.15, -0.1) is 0 Å². The van der Waals surface area contributed by atoms with Crippen LogP contribution in [0, 0.1) is 0 Å². The maximum absolute atomic E-state index is 12.5. The summed E-state index contributed by atoms with van der Waals surface area (Å²) in [5.41, 5.74) is 0. The number of halogens is 3. The van der Waals surface area contributed by atoms with Crippen molar-refractivity contribution >= 4 is 17.7 Å². The van der Waals surface area contributed by atoms with Crippen molar-refractivity contribution in [3.8, 4) is 0 Å². The molecule has 2 unspecified atom stereocenters. The van der Waals surface area contributed by atoms with Crippen LogP contribution in [0.5, 0.6) is 0 Å². The number of nitrogens with zero attached hydrogens (tertiary/aromatic N) is 2. The zero-order valence-corrected chi connectivity index (χ0v) is 11.4. The van der Waals surface area contributed by atoms with E-state index in [9.17, 15) is 27.6 Å². The molecule has 0 radical (unpaired) electrons. The van der Waals surface area contributed by atoms with Crippen molar-refractivity contribution in [2.75, 3.05) is 19.6 Å². The van der Waals surface area contributed by atoms with Gasteiger partial charge < -0.3 is 15.1 Å². The molecule has 0 aromatic carbocycles. The highest BCUT2D eigenvalue weighted by Crippen LogP contribution is 2.27. The van der Waals surface area contributed by atoms with Gasteiger partial charge in [-0.05, 0) is 19.8 Å². The molecule has 1 N–H and O–H groups in total. The maximum atomic E-state index is 12.5. The molecule has 21 heavy (non-hydrogen) atoms. The third-order valence-electron chi connectivity index (χ3n) is 3.82. The number of carbonyl (C=O) groups excluding carboxylic acids is 3. The van der Waals surface area contributed by atoms with Crippen LogP contribution in [0.3, 0.4) is 0 Å². The Bertz CT molecular complexity index is 466. The van der Waals surface area contributed by atoms with Gasteiger partial charge in [0, 0.05) is 19.6 Å². The molecule has 118 valence electrons. The van der Waals surface area contributed by atoms with Gasteiger partial charge in [0.15, 0.2) is 0 Å². The Hall–Kier alpha value is -1.80. The first kappa shape index (κ1) is 15.6. The molecule has 0 aromatic rings. The molecule has 2 aliphatic rings. The number of hydrogen-bond acceptors (Lipinski definition) is 3. The Morgan fingerprint density at radius 3 is 2.52 bits per heavy atom. The first-order valence-corrected chi connectivity index (χ1v) is 6.69. The van der Waals surface area contributed by atoms with Gasteiger partial charge in [-0.3, -0.25) is 14.4 Å². The van der Waals surface area contributed by atoms with Crippen molar-refractivity contribution in [3.05, 3.63) is 0 Å². The van der Waals surface area contributed by atoms with Crippen LogP contribution in [0.2, 0.25) is 0 Å². The van der Waals surface area contributed by atoms with Crippen LogP contribution in [0.4, 0.5) is 13.2 Å². The smallest absolute Gasteiger partial charge is 0.353 e. The van der Waals surface area contributed by atoms with Crippen molar-refractivity contribution in [1.82, 2.24) is 15.1 Å². The highest BCUT2D eigenvalue weighted by atomic mass is 19.4. The summed E-state index contributed by atoms with van der Waals surface area (Å²) in [5.74, 6) is -2.93. The average Bonchev–Trinajstić information content (AvgIpc) is 2.88. The Labute approximate surface area is 119 Å². The summed E-state index contributed by atoms with van der Waals surface area (Å²) in [6.45, 7) is 1.91. The molecule has 2 aliphatic heterocycles. The summed E-state index contributed by atoms with van der Waals surface area (Å²) < 4.78 is 37.6. The van der Waals surface area contributed by atoms with Crippen LogP contribution in [-0.2, 0) is 14.4 Å². The first-order chi connectivity index (χ1) is 9.73. The van der Waals surface area contributed by atoms with Gasteiger partial charge in [-0.1, -0.05) is 0 Å². The lowest BCUT2D eigenvalue weighted by Crippen LogP contribution is -2.60. The molecule has 2 atom stereocenters. The lowest BCUT2D eigenvalue weighted by Gasteiger charge is -2.36. The minimum absolute atomic E-state index is 0.0941. The highest BCUT2D eigenvalue weighted by Gasteiger charge is 2.49. The fourth-order valence-electron chi connectivity index (χ4n) is 2.70. The molecular weight excluding hydrogens is 291 g/mol. The highest BCUT2D eigenvalue weighted by molar-refractivity contribution is 5.94. The second-order valence-corrected chi connectivity index (χ2v) is 5.15. The molecule has 0 spiro atoms. The molecule has 2 saturated heterocycles. The summed E-state index contributed by atoms with van der Waals surface area (Å²) in [6, 6.07) is -1.87. The quantitative estimate of drug-likeness (QED) is 0.735. The van der Waals surface area contributed by atoms with E-state index in [0.717, 1.165) is 0 Å². The topological polar surface area (TPSA) is 69.7 Å². The predicted molar refractivity (Wildman–Crippen MR) is 65.0 cm³/mol. The number of hydrogen-bond donors (Lipinski definition) is 1. The van der Waals surface area contributed by atoms with Gasteiger partial charge in [-0.2, -0.15) is 13.2 Å². The van der Waals surface area contributed by atoms with Crippen molar-refractivity contribution in [1.29, 1.82) is 0 Å². The molecular formula is C12H16F3N3O3. The monoisotopic (exact) mass is 307 g/mol. The third kappa shape index (κ3) is 2.96. The van der Waals surface area contributed by atoms with Crippen molar-refractivity contribution in [3.63, 3.8) is 0 Å². The minimum atomic E-state index is -4.99. The number of carbonyl (C=O) groups is 3. The van der Waals surface area contributed by atoms with E-state index >= 15 is 0 Å². The summed E-state index contributed by atoms with van der Waals surface area (Å²) in [7, 11) is 0. The van der Waals surface area contributed by atoms with E-state index in [-0.39, 0.29) is 32.0 Å². The van der Waals surface area contributed by atoms with Crippen LogP contribution in [0.25, 0.3) is 0 Å². The number of likely N-dealkylation sites (tertiary alicyclic amines) is 1. The van der Waals surface area contributed by atoms with E-state index in [1.54, 1.807) is 0 Å². The second-order valence-electron chi connectivity index (χ2n) is 5.15. The normalized spacial score (nSPS) is 26.8. The summed E-state index contributed by atoms with van der Waals surface area (Å²) in [4.78, 5) is 37.1. The van der Waals surface area contributed by atoms with Gasteiger partial charge in [-0.25, -0.2) is 0 Å². The van der Waals surface area contributed by atoms with Crippen LogP contribution in [0.1, 0.15) is 19.8 Å². The lowest BCUT2D eigenvalue weighted by molar-refractivity contribution is -0.187. The van der Waals surface area contributed by atoms with E-state index in [2.05, 4.69) is 5.32 Å². The van der Waals surface area contributed by atoms with E-state index in [1.807, 2.05) is 0 Å². The summed E-state index contributed by atoms with van der Waals surface area (Å²) in [6.07, 6.45) is -4.47. The van der Waals surface area contributed by atoms with Gasteiger partial charge in [0.05, 0.1) is 0 Å². The van der Waals surface area contributed by atoms with Crippen LogP contribution < -0.4 is 5.32 Å². The lowest BCUT2D eigenvalue weighted by atomic mass is 10.1. The van der Waals surface area contributed by atoms with E-state index in [0.29, 0.717) is 11.3 Å². The Morgan fingerprint density at radius 2 is 1.90 bits per heavy atom. The fraction of sp³-hybridized carbons (Fsp3) is 0.750. The van der Waals surface area contributed by atoms with Crippen molar-refractivity contribution in [2.45, 2.75) is 38.0 Å². The first-order valence-electron chi connectivity index (χ1n) is 6.69. The zero-order chi connectivity index (χ0) is 15.8. The molecule has 0 aliphatic carbocycles. The molecule has 2 fully saturated rings. The number of rotatable bonds is 1. The van der Waals surface area contributed by atoms with Gasteiger partial charge in [0.1, 0.15) is 12.1 Å². The number of alkyl halides is 3. The van der Waals surface area contributed by atoms with Crippen molar-refractivity contribution in [2.24, 2.45) is 0 Å². The number of piperazine rings is 1. The largest absolute Gasteiger partial charge is 0.471 e. The van der Waals surface area contributed by atoms with Crippen LogP contribution in [-0.4, -0.2) is 65.4 Å². The molecule has 6 nitrogen and oxygen atoms in total. The maximum Gasteiger partial charge on any atom is 0.471 e. The van der Waals surface area contributed by atoms with E-state index in [4.69, 9.17) is 0 Å². The van der Waals surface area contributed by atoms with Gasteiger partial charge >= 0.3 is 12.1 Å². The minimum Gasteiger partial charge on any atom is -0.353 e. The standard InChI is InChI=1S/C12H16F3N3O3/c1-7-9(19)16-4-6-17(7)10(20)8-3-2-5-18(8)11(21)12(13,14)15/h7-8H,2-6H2,1H3,(H,16,19). The SMILES string of the molecule is CC1C(=O)NCCN1C(=O)C1CCCN1C(=O)C(F)(F)F. The van der Waals surface area contributed by atoms with Gasteiger partial charge in [0.2, 0.25) is 11.8 Å². The summed E-state index contributed by atoms with van der Waals surface area (Å²) >= 11 is 0. The Balaban J connectivity index is 2.14. The third-order valence-corrected chi connectivity index (χ3v) is 3.82. The number of nitrogens with one attached hydrogen (secondary N) is 1. The van der Waals surface area contributed by atoms with Crippen LogP contribution >= 0.6 is 0 Å². The molecule has 0 saturated carbocycles. The van der Waals surface area contributed by atoms with E-state index in [1.165, 1.54) is 11.8 Å². The zero-order valence-electron chi connectivity index (χ0n) is 11.4. The Morgan fingerprint density at radius 1 is 1.24 bits per heavy atom. The molecule has 9 heteroatoms. The van der Waals surface area contributed by atoms with E-state index < -0.39 is 30.1 Å². The predicted octanol–water partition coefficient (Wildman–Crippen LogP) is -0.113. The summed E-state index contributed by atoms with van der Waals surface area (Å²) in [5, 5.41) is 2.57. The molecule has 0 aromatic heterocycles. The molecule has 2 rings (SSSR count). The fourth-order valence-corrected chi connectivity index (χ4v) is 2.70. The Kier molecular flexibility index (Phi) is 4.11. The average molecular weight is 307 g/mol. The molecule has 0 bridgehead atoms. The van der Waals surface area contributed by atoms with Crippen LogP contribution in [0.15, 0.2) is 0 Å². The molecule has 2 heterocycles. The van der Waals surface area contributed by atoms with Gasteiger partial charge in [0.25, 0.3) is 0 Å². The van der Waals surface area contributed by atoms with Crippen molar-refractivity contribution < 1.29 is 27.6 Å².